The summed E-state index contributed by atoms with van der Waals surface area (Å²) in [5.41, 5.74) is -0.00495. The highest BCUT2D eigenvalue weighted by Crippen LogP contribution is 2.15. The predicted molar refractivity (Wildman–Crippen MR) is 46.5 cm³/mol. The molecule has 0 aromatic rings. The maximum atomic E-state index is 5.77. The molecule has 1 rings (SSSR count). The van der Waals surface area contributed by atoms with Gasteiger partial charge >= 0.3 is 0 Å². The van der Waals surface area contributed by atoms with Gasteiger partial charge in [0.2, 0.25) is 0 Å². The molecule has 1 N–H and O–H groups in total. The molecule has 0 aliphatic carbocycles. The van der Waals surface area contributed by atoms with Crippen molar-refractivity contribution in [1.29, 1.82) is 0 Å². The SMILES string of the molecule is CC(C)(C)O[C@H]1CCCCN1. The lowest BCUT2D eigenvalue weighted by molar-refractivity contribution is -0.0842. The molecule has 1 aliphatic rings. The van der Waals surface area contributed by atoms with Gasteiger partial charge in [0.05, 0.1) is 5.60 Å². The fourth-order valence-corrected chi connectivity index (χ4v) is 1.35. The van der Waals surface area contributed by atoms with Gasteiger partial charge in [0.25, 0.3) is 0 Å². The number of nitrogens with one attached hydrogen (secondary N) is 1. The van der Waals surface area contributed by atoms with Crippen LogP contribution in [0.3, 0.4) is 0 Å². The smallest absolute Gasteiger partial charge is 0.108 e. The zero-order valence-corrected chi connectivity index (χ0v) is 7.81. The quantitative estimate of drug-likeness (QED) is 0.627. The maximum absolute atomic E-state index is 5.77. The van der Waals surface area contributed by atoms with E-state index in [0.29, 0.717) is 6.23 Å². The highest BCUT2D eigenvalue weighted by Gasteiger charge is 2.19. The van der Waals surface area contributed by atoms with Gasteiger partial charge in [0, 0.05) is 0 Å². The largest absolute Gasteiger partial charge is 0.358 e. The van der Waals surface area contributed by atoms with Gasteiger partial charge in [-0.25, -0.2) is 0 Å². The summed E-state index contributed by atoms with van der Waals surface area (Å²) in [5, 5.41) is 3.35. The second-order valence-electron chi connectivity index (χ2n) is 4.17. The molecule has 0 amide bonds. The third kappa shape index (κ3) is 3.73. The van der Waals surface area contributed by atoms with E-state index in [9.17, 15) is 0 Å². The van der Waals surface area contributed by atoms with E-state index in [-0.39, 0.29) is 5.60 Å². The van der Waals surface area contributed by atoms with Crippen molar-refractivity contribution in [1.82, 2.24) is 5.32 Å². The highest BCUT2D eigenvalue weighted by atomic mass is 16.5. The number of piperidine rings is 1. The Morgan fingerprint density at radius 2 is 2.00 bits per heavy atom. The Morgan fingerprint density at radius 1 is 1.27 bits per heavy atom. The normalized spacial score (nSPS) is 27.0. The summed E-state index contributed by atoms with van der Waals surface area (Å²) in [5.74, 6) is 0. The zero-order valence-electron chi connectivity index (χ0n) is 7.81. The van der Waals surface area contributed by atoms with Crippen molar-refractivity contribution in [3.8, 4) is 0 Å². The van der Waals surface area contributed by atoms with Crippen LogP contribution >= 0.6 is 0 Å². The van der Waals surface area contributed by atoms with E-state index in [0.717, 1.165) is 13.0 Å². The zero-order chi connectivity index (χ0) is 8.32. The molecule has 0 spiro atoms. The van der Waals surface area contributed by atoms with Crippen LogP contribution in [0, 0.1) is 0 Å². The van der Waals surface area contributed by atoms with Crippen molar-refractivity contribution in [3.63, 3.8) is 0 Å². The van der Waals surface area contributed by atoms with Gasteiger partial charge < -0.3 is 4.74 Å². The summed E-state index contributed by atoms with van der Waals surface area (Å²) in [6.07, 6.45) is 4.05. The summed E-state index contributed by atoms with van der Waals surface area (Å²) >= 11 is 0. The van der Waals surface area contributed by atoms with Gasteiger partial charge in [0.1, 0.15) is 6.23 Å². The van der Waals surface area contributed by atoms with Crippen LogP contribution in [-0.4, -0.2) is 18.4 Å². The Bertz CT molecular complexity index is 111. The number of ether oxygens (including phenoxy) is 1. The van der Waals surface area contributed by atoms with E-state index in [4.69, 9.17) is 4.74 Å². The maximum Gasteiger partial charge on any atom is 0.108 e. The summed E-state index contributed by atoms with van der Waals surface area (Å²) in [6.45, 7) is 7.41. The molecule has 1 heterocycles. The molecule has 0 aromatic heterocycles. The predicted octanol–water partition coefficient (Wildman–Crippen LogP) is 1.90. The molecule has 11 heavy (non-hydrogen) atoms. The Kier molecular flexibility index (Phi) is 2.90. The summed E-state index contributed by atoms with van der Waals surface area (Å²) in [4.78, 5) is 0. The van der Waals surface area contributed by atoms with Crippen LogP contribution in [0.25, 0.3) is 0 Å². The Hall–Kier alpha value is -0.0800. The van der Waals surface area contributed by atoms with Gasteiger partial charge in [-0.05, 0) is 46.6 Å². The van der Waals surface area contributed by atoms with Crippen LogP contribution in [0.4, 0.5) is 0 Å². The van der Waals surface area contributed by atoms with Crippen molar-refractivity contribution in [2.45, 2.75) is 51.9 Å². The van der Waals surface area contributed by atoms with Crippen molar-refractivity contribution in [3.05, 3.63) is 0 Å². The fraction of sp³-hybridized carbons (Fsp3) is 1.00. The van der Waals surface area contributed by atoms with Crippen molar-refractivity contribution in [2.24, 2.45) is 0 Å². The second kappa shape index (κ2) is 3.55. The fourth-order valence-electron chi connectivity index (χ4n) is 1.35. The summed E-state index contributed by atoms with van der Waals surface area (Å²) in [6, 6.07) is 0. The van der Waals surface area contributed by atoms with Crippen molar-refractivity contribution >= 4 is 0 Å². The van der Waals surface area contributed by atoms with Crippen LogP contribution in [0.2, 0.25) is 0 Å². The Morgan fingerprint density at radius 3 is 2.45 bits per heavy atom. The van der Waals surface area contributed by atoms with Crippen molar-refractivity contribution < 1.29 is 4.74 Å². The molecule has 0 unspecified atom stereocenters. The lowest BCUT2D eigenvalue weighted by atomic mass is 10.1. The van der Waals surface area contributed by atoms with Crippen LogP contribution < -0.4 is 5.32 Å². The first-order valence-corrected chi connectivity index (χ1v) is 4.49. The molecule has 0 aromatic carbocycles. The standard InChI is InChI=1S/C9H19NO/c1-9(2,3)11-8-6-4-5-7-10-8/h8,10H,4-7H2,1-3H3/t8-/m0/s1. The lowest BCUT2D eigenvalue weighted by Gasteiger charge is -2.30. The monoisotopic (exact) mass is 157 g/mol. The van der Waals surface area contributed by atoms with Crippen LogP contribution in [0.15, 0.2) is 0 Å². The lowest BCUT2D eigenvalue weighted by Crippen LogP contribution is -2.41. The van der Waals surface area contributed by atoms with E-state index in [1.54, 1.807) is 0 Å². The van der Waals surface area contributed by atoms with E-state index in [2.05, 4.69) is 26.1 Å². The van der Waals surface area contributed by atoms with E-state index < -0.39 is 0 Å². The third-order valence-electron chi connectivity index (χ3n) is 1.76. The minimum atomic E-state index is -0.00495. The summed E-state index contributed by atoms with van der Waals surface area (Å²) in [7, 11) is 0. The van der Waals surface area contributed by atoms with Gasteiger partial charge in [-0.1, -0.05) is 0 Å². The molecule has 2 heteroatoms. The van der Waals surface area contributed by atoms with E-state index in [1.165, 1.54) is 12.8 Å². The number of hydrogen-bond acceptors (Lipinski definition) is 2. The minimum absolute atomic E-state index is 0.00495. The first-order valence-electron chi connectivity index (χ1n) is 4.49. The van der Waals surface area contributed by atoms with Gasteiger partial charge in [-0.15, -0.1) is 0 Å². The van der Waals surface area contributed by atoms with Crippen molar-refractivity contribution in [2.75, 3.05) is 6.54 Å². The molecule has 0 radical (unpaired) electrons. The number of rotatable bonds is 1. The first kappa shape index (κ1) is 9.01. The molecule has 0 bridgehead atoms. The van der Waals surface area contributed by atoms with Gasteiger partial charge in [0.15, 0.2) is 0 Å². The van der Waals surface area contributed by atoms with Crippen LogP contribution in [-0.2, 0) is 4.74 Å². The molecule has 1 fully saturated rings. The topological polar surface area (TPSA) is 21.3 Å². The highest BCUT2D eigenvalue weighted by molar-refractivity contribution is 4.68. The average molecular weight is 157 g/mol. The molecular weight excluding hydrogens is 138 g/mol. The van der Waals surface area contributed by atoms with Crippen LogP contribution in [0.1, 0.15) is 40.0 Å². The van der Waals surface area contributed by atoms with Gasteiger partial charge in [-0.3, -0.25) is 5.32 Å². The second-order valence-corrected chi connectivity index (χ2v) is 4.17. The molecule has 1 atom stereocenters. The van der Waals surface area contributed by atoms with E-state index in [1.807, 2.05) is 0 Å². The van der Waals surface area contributed by atoms with Gasteiger partial charge in [-0.2, -0.15) is 0 Å². The molecular formula is C9H19NO. The Balaban J connectivity index is 2.24. The van der Waals surface area contributed by atoms with E-state index >= 15 is 0 Å². The molecule has 66 valence electrons. The molecule has 1 saturated heterocycles. The third-order valence-corrected chi connectivity index (χ3v) is 1.76. The molecule has 1 aliphatic heterocycles. The minimum Gasteiger partial charge on any atom is -0.358 e. The first-order chi connectivity index (χ1) is 5.08. The van der Waals surface area contributed by atoms with Crippen LogP contribution in [0.5, 0.6) is 0 Å². The average Bonchev–Trinajstić information content (AvgIpc) is 1.85. The molecule has 2 nitrogen and oxygen atoms in total. The Labute approximate surface area is 69.3 Å². The molecule has 0 saturated carbocycles. The number of hydrogen-bond donors (Lipinski definition) is 1. The summed E-state index contributed by atoms with van der Waals surface area (Å²) < 4.78 is 5.77.